The van der Waals surface area contributed by atoms with Crippen molar-refractivity contribution in [2.75, 3.05) is 0 Å². The zero-order valence-electron chi connectivity index (χ0n) is 18.4. The third-order valence-corrected chi connectivity index (χ3v) is 8.07. The van der Waals surface area contributed by atoms with Gasteiger partial charge in [0.2, 0.25) is 0 Å². The van der Waals surface area contributed by atoms with Crippen LogP contribution in [0.3, 0.4) is 0 Å². The summed E-state index contributed by atoms with van der Waals surface area (Å²) in [6.07, 6.45) is 0.949. The Morgan fingerprint density at radius 3 is 2.00 bits per heavy atom. The van der Waals surface area contributed by atoms with Crippen molar-refractivity contribution in [1.82, 2.24) is 0 Å². The van der Waals surface area contributed by atoms with Crippen LogP contribution >= 0.6 is 15.9 Å². The summed E-state index contributed by atoms with van der Waals surface area (Å²) in [7, 11) is 0. The minimum absolute atomic E-state index is 0.912. The molecule has 0 bridgehead atoms. The van der Waals surface area contributed by atoms with Crippen LogP contribution in [0.15, 0.2) is 114 Å². The molecule has 2 heteroatoms. The molecule has 1 N–H and O–H groups in total. The van der Waals surface area contributed by atoms with Gasteiger partial charge in [0.25, 0.3) is 0 Å². The van der Waals surface area contributed by atoms with Crippen LogP contribution in [0.1, 0.15) is 27.8 Å². The average molecular weight is 501 g/mol. The fourth-order valence-electron chi connectivity index (χ4n) is 5.91. The molecule has 34 heavy (non-hydrogen) atoms. The summed E-state index contributed by atoms with van der Waals surface area (Å²) in [4.78, 5) is 0. The summed E-state index contributed by atoms with van der Waals surface area (Å²) in [5.41, 5.74) is 11.2. The van der Waals surface area contributed by atoms with E-state index in [1.165, 1.54) is 22.3 Å². The van der Waals surface area contributed by atoms with Crippen LogP contribution in [0.5, 0.6) is 0 Å². The Bertz CT molecular complexity index is 1620. The third kappa shape index (κ3) is 2.64. The number of benzene rings is 5. The number of hydrogen-bond acceptors (Lipinski definition) is 1. The van der Waals surface area contributed by atoms with Gasteiger partial charge >= 0.3 is 0 Å². The monoisotopic (exact) mass is 500 g/mol. The minimum atomic E-state index is -1.23. The van der Waals surface area contributed by atoms with Crippen molar-refractivity contribution >= 4 is 15.9 Å². The largest absolute Gasteiger partial charge is 0.376 e. The van der Waals surface area contributed by atoms with Crippen molar-refractivity contribution in [3.8, 4) is 33.4 Å². The standard InChI is InChI=1S/C32H21BrO/c33-30-15-7-14-29-31(30)26-11-4-6-13-28(26)32(29,34)27-12-5-3-10-25(27)21-16-17-24-22(19-21)18-20-8-1-2-9-23(20)24/h1-17,19,34H,18H2. The van der Waals surface area contributed by atoms with Gasteiger partial charge in [-0.05, 0) is 51.4 Å². The smallest absolute Gasteiger partial charge is 0.142 e. The molecule has 5 aromatic carbocycles. The molecule has 0 amide bonds. The number of halogens is 1. The molecule has 7 rings (SSSR count). The van der Waals surface area contributed by atoms with E-state index in [1.807, 2.05) is 30.3 Å². The maximum atomic E-state index is 12.5. The molecular formula is C32H21BrO. The van der Waals surface area contributed by atoms with Crippen LogP contribution in [-0.4, -0.2) is 5.11 Å². The van der Waals surface area contributed by atoms with E-state index < -0.39 is 5.60 Å². The first kappa shape index (κ1) is 20.0. The van der Waals surface area contributed by atoms with Crippen molar-refractivity contribution in [3.05, 3.63) is 141 Å². The minimum Gasteiger partial charge on any atom is -0.376 e. The lowest BCUT2D eigenvalue weighted by molar-refractivity contribution is 0.131. The van der Waals surface area contributed by atoms with E-state index >= 15 is 0 Å². The molecule has 1 atom stereocenters. The summed E-state index contributed by atoms with van der Waals surface area (Å²) < 4.78 is 1.00. The molecule has 1 nitrogen and oxygen atoms in total. The first-order valence-corrected chi connectivity index (χ1v) is 12.4. The van der Waals surface area contributed by atoms with Crippen LogP contribution in [0.4, 0.5) is 0 Å². The molecule has 0 saturated heterocycles. The van der Waals surface area contributed by atoms with Gasteiger partial charge in [-0.15, -0.1) is 0 Å². The van der Waals surface area contributed by atoms with E-state index in [-0.39, 0.29) is 0 Å². The SMILES string of the molecule is OC1(c2ccccc2-c2ccc3c(c2)Cc2ccccc2-3)c2ccccc2-c2c(Br)cccc21. The second kappa shape index (κ2) is 7.27. The highest BCUT2D eigenvalue weighted by Gasteiger charge is 2.45. The van der Waals surface area contributed by atoms with Gasteiger partial charge in [0.05, 0.1) is 0 Å². The van der Waals surface area contributed by atoms with Crippen molar-refractivity contribution in [1.29, 1.82) is 0 Å². The summed E-state index contributed by atoms with van der Waals surface area (Å²) >= 11 is 3.74. The van der Waals surface area contributed by atoms with E-state index in [2.05, 4.69) is 94.8 Å². The molecule has 5 aromatic rings. The first-order valence-electron chi connectivity index (χ1n) is 11.6. The summed E-state index contributed by atoms with van der Waals surface area (Å²) in [5, 5.41) is 12.5. The Labute approximate surface area is 207 Å². The first-order chi connectivity index (χ1) is 16.7. The summed E-state index contributed by atoms with van der Waals surface area (Å²) in [5.74, 6) is 0. The Morgan fingerprint density at radius 2 is 1.18 bits per heavy atom. The van der Waals surface area contributed by atoms with Gasteiger partial charge in [0, 0.05) is 26.7 Å². The number of hydrogen-bond donors (Lipinski definition) is 1. The highest BCUT2D eigenvalue weighted by atomic mass is 79.9. The molecule has 0 aromatic heterocycles. The predicted octanol–water partition coefficient (Wildman–Crippen LogP) is 7.95. The predicted molar refractivity (Wildman–Crippen MR) is 142 cm³/mol. The van der Waals surface area contributed by atoms with Gasteiger partial charge in [0.1, 0.15) is 5.60 Å². The maximum Gasteiger partial charge on any atom is 0.142 e. The van der Waals surface area contributed by atoms with Crippen LogP contribution < -0.4 is 0 Å². The molecular weight excluding hydrogens is 480 g/mol. The highest BCUT2D eigenvalue weighted by molar-refractivity contribution is 9.10. The van der Waals surface area contributed by atoms with Gasteiger partial charge in [-0.2, -0.15) is 0 Å². The fraction of sp³-hybridized carbons (Fsp3) is 0.0625. The van der Waals surface area contributed by atoms with E-state index in [4.69, 9.17) is 0 Å². The molecule has 1 unspecified atom stereocenters. The zero-order chi connectivity index (χ0) is 22.9. The van der Waals surface area contributed by atoms with Crippen LogP contribution in [0.2, 0.25) is 0 Å². The second-order valence-corrected chi connectivity index (χ2v) is 10.0. The number of aliphatic hydroxyl groups is 1. The fourth-order valence-corrected chi connectivity index (χ4v) is 6.49. The Kier molecular flexibility index (Phi) is 4.27. The van der Waals surface area contributed by atoms with E-state index in [0.717, 1.165) is 49.8 Å². The van der Waals surface area contributed by atoms with E-state index in [9.17, 15) is 5.11 Å². The second-order valence-electron chi connectivity index (χ2n) is 9.17. The van der Waals surface area contributed by atoms with Gasteiger partial charge < -0.3 is 5.11 Å². The quantitative estimate of drug-likeness (QED) is 0.255. The molecule has 0 aliphatic heterocycles. The van der Waals surface area contributed by atoms with Gasteiger partial charge in [-0.1, -0.05) is 119 Å². The van der Waals surface area contributed by atoms with E-state index in [0.29, 0.717) is 0 Å². The van der Waals surface area contributed by atoms with Crippen molar-refractivity contribution in [3.63, 3.8) is 0 Å². The topological polar surface area (TPSA) is 20.2 Å². The number of rotatable bonds is 2. The molecule has 0 heterocycles. The summed E-state index contributed by atoms with van der Waals surface area (Å²) in [6, 6.07) is 38.0. The Morgan fingerprint density at radius 1 is 0.559 bits per heavy atom. The lowest BCUT2D eigenvalue weighted by atomic mass is 9.80. The third-order valence-electron chi connectivity index (χ3n) is 7.41. The van der Waals surface area contributed by atoms with Crippen molar-refractivity contribution < 1.29 is 5.11 Å². The number of fused-ring (bicyclic) bond motifs is 6. The molecule has 2 aliphatic rings. The molecule has 0 spiro atoms. The average Bonchev–Trinajstić information content (AvgIpc) is 3.38. The maximum absolute atomic E-state index is 12.5. The van der Waals surface area contributed by atoms with Crippen molar-refractivity contribution in [2.24, 2.45) is 0 Å². The van der Waals surface area contributed by atoms with Crippen LogP contribution in [0.25, 0.3) is 33.4 Å². The Hall–Kier alpha value is -3.46. The molecule has 0 radical (unpaired) electrons. The molecule has 0 saturated carbocycles. The van der Waals surface area contributed by atoms with Gasteiger partial charge in [-0.25, -0.2) is 0 Å². The Balaban J connectivity index is 1.45. The highest BCUT2D eigenvalue weighted by Crippen LogP contribution is 2.54. The van der Waals surface area contributed by atoms with Gasteiger partial charge in [-0.3, -0.25) is 0 Å². The molecule has 0 fully saturated rings. The lowest BCUT2D eigenvalue weighted by Gasteiger charge is -2.29. The van der Waals surface area contributed by atoms with E-state index in [1.54, 1.807) is 0 Å². The molecule has 162 valence electrons. The normalized spacial score (nSPS) is 17.1. The summed E-state index contributed by atoms with van der Waals surface area (Å²) in [6.45, 7) is 0. The lowest BCUT2D eigenvalue weighted by Crippen LogP contribution is -2.27. The van der Waals surface area contributed by atoms with Crippen LogP contribution in [-0.2, 0) is 12.0 Å². The van der Waals surface area contributed by atoms with Crippen molar-refractivity contribution in [2.45, 2.75) is 12.0 Å². The van der Waals surface area contributed by atoms with Crippen LogP contribution in [0, 0.1) is 0 Å². The van der Waals surface area contributed by atoms with Gasteiger partial charge in [0.15, 0.2) is 0 Å². The molecule has 2 aliphatic carbocycles. The zero-order valence-corrected chi connectivity index (χ0v) is 20.0.